The number of aliphatic carboxylic acids is 1. The van der Waals surface area contributed by atoms with Gasteiger partial charge in [0.2, 0.25) is 0 Å². The minimum absolute atomic E-state index is 0.150. The van der Waals surface area contributed by atoms with Crippen LogP contribution < -0.4 is 5.32 Å². The summed E-state index contributed by atoms with van der Waals surface area (Å²) in [6, 6.07) is -0.0671. The Kier molecular flexibility index (Phi) is 3.31. The van der Waals surface area contributed by atoms with Gasteiger partial charge in [0, 0.05) is 12.6 Å². The highest BCUT2D eigenvalue weighted by Gasteiger charge is 2.33. The molecule has 2 N–H and O–H groups in total. The minimum atomic E-state index is -0.941. The summed E-state index contributed by atoms with van der Waals surface area (Å²) in [5.74, 6) is -0.154. The van der Waals surface area contributed by atoms with Crippen molar-refractivity contribution in [3.63, 3.8) is 0 Å². The van der Waals surface area contributed by atoms with Gasteiger partial charge in [0.05, 0.1) is 0 Å². The molecule has 0 saturated heterocycles. The first-order valence-electron chi connectivity index (χ1n) is 5.93. The van der Waals surface area contributed by atoms with E-state index in [-0.39, 0.29) is 18.6 Å². The molecular formula is C11H18N2O3. The Morgan fingerprint density at radius 3 is 2.44 bits per heavy atom. The molecule has 0 unspecified atom stereocenters. The van der Waals surface area contributed by atoms with Crippen LogP contribution in [0.1, 0.15) is 32.1 Å². The lowest BCUT2D eigenvalue weighted by Crippen LogP contribution is -2.44. The van der Waals surface area contributed by atoms with Crippen molar-refractivity contribution in [1.82, 2.24) is 10.2 Å². The molecule has 2 fully saturated rings. The molecule has 2 aliphatic rings. The lowest BCUT2D eigenvalue weighted by Gasteiger charge is -2.20. The Morgan fingerprint density at radius 1 is 1.25 bits per heavy atom. The molecule has 0 bridgehead atoms. The molecule has 0 atom stereocenters. The van der Waals surface area contributed by atoms with Gasteiger partial charge in [-0.05, 0) is 25.2 Å². The first-order valence-corrected chi connectivity index (χ1v) is 5.93. The normalized spacial score (nSPS) is 19.2. The largest absolute Gasteiger partial charge is 0.480 e. The monoisotopic (exact) mass is 226 g/mol. The number of nitrogens with one attached hydrogen (secondary N) is 1. The predicted octanol–water partition coefficient (Wildman–Crippen LogP) is 1.05. The number of carboxylic acid groups (broad SMARTS) is 1. The second-order valence-corrected chi connectivity index (χ2v) is 4.72. The molecule has 5 nitrogen and oxygen atoms in total. The van der Waals surface area contributed by atoms with Crippen LogP contribution in [0.15, 0.2) is 0 Å². The summed E-state index contributed by atoms with van der Waals surface area (Å²) >= 11 is 0. The van der Waals surface area contributed by atoms with E-state index in [0.29, 0.717) is 6.54 Å². The van der Waals surface area contributed by atoms with Crippen LogP contribution in [0.4, 0.5) is 4.79 Å². The average Bonchev–Trinajstić information content (AvgIpc) is 3.06. The third kappa shape index (κ3) is 3.40. The number of hydrogen-bond acceptors (Lipinski definition) is 2. The highest BCUT2D eigenvalue weighted by Crippen LogP contribution is 2.31. The first kappa shape index (κ1) is 11.2. The Balaban J connectivity index is 1.72. The molecule has 16 heavy (non-hydrogen) atoms. The quantitative estimate of drug-likeness (QED) is 0.711. The smallest absolute Gasteiger partial charge is 0.323 e. The van der Waals surface area contributed by atoms with E-state index in [9.17, 15) is 9.59 Å². The van der Waals surface area contributed by atoms with Gasteiger partial charge in [-0.25, -0.2) is 4.79 Å². The molecule has 2 amide bonds. The van der Waals surface area contributed by atoms with E-state index in [0.717, 1.165) is 25.2 Å². The Morgan fingerprint density at radius 2 is 1.94 bits per heavy atom. The molecule has 0 aromatic carbocycles. The second-order valence-electron chi connectivity index (χ2n) is 4.72. The lowest BCUT2D eigenvalue weighted by atomic mass is 10.3. The van der Waals surface area contributed by atoms with Crippen molar-refractivity contribution in [3.05, 3.63) is 0 Å². The van der Waals surface area contributed by atoms with Crippen LogP contribution in [0.25, 0.3) is 0 Å². The van der Waals surface area contributed by atoms with Gasteiger partial charge in [0.15, 0.2) is 0 Å². The van der Waals surface area contributed by atoms with Crippen LogP contribution in [-0.4, -0.2) is 41.1 Å². The Hall–Kier alpha value is -1.26. The fourth-order valence-corrected chi connectivity index (χ4v) is 1.79. The standard InChI is InChI=1S/C11H18N2O3/c14-10(15)7-13(9-3-4-9)11(16)12-6-5-8-1-2-8/h8-9H,1-7H2,(H,12,16)(H,14,15). The molecule has 0 spiro atoms. The van der Waals surface area contributed by atoms with Crippen molar-refractivity contribution in [2.45, 2.75) is 38.1 Å². The third-order valence-electron chi connectivity index (χ3n) is 3.08. The molecule has 0 aromatic heterocycles. The van der Waals surface area contributed by atoms with Gasteiger partial charge < -0.3 is 15.3 Å². The number of rotatable bonds is 6. The van der Waals surface area contributed by atoms with Crippen LogP contribution in [0.3, 0.4) is 0 Å². The van der Waals surface area contributed by atoms with Crippen LogP contribution >= 0.6 is 0 Å². The molecule has 0 aromatic rings. The van der Waals surface area contributed by atoms with E-state index in [1.807, 2.05) is 0 Å². The van der Waals surface area contributed by atoms with Crippen LogP contribution in [0.5, 0.6) is 0 Å². The van der Waals surface area contributed by atoms with Crippen molar-refractivity contribution in [3.8, 4) is 0 Å². The number of carboxylic acids is 1. The van der Waals surface area contributed by atoms with Gasteiger partial charge in [-0.1, -0.05) is 12.8 Å². The maximum atomic E-state index is 11.7. The number of hydrogen-bond donors (Lipinski definition) is 2. The lowest BCUT2D eigenvalue weighted by molar-refractivity contribution is -0.137. The van der Waals surface area contributed by atoms with Gasteiger partial charge in [-0.15, -0.1) is 0 Å². The highest BCUT2D eigenvalue weighted by atomic mass is 16.4. The molecular weight excluding hydrogens is 208 g/mol. The molecule has 5 heteroatoms. The van der Waals surface area contributed by atoms with E-state index < -0.39 is 5.97 Å². The molecule has 90 valence electrons. The number of urea groups is 1. The summed E-state index contributed by atoms with van der Waals surface area (Å²) in [5.41, 5.74) is 0. The first-order chi connectivity index (χ1) is 7.66. The van der Waals surface area contributed by atoms with Gasteiger partial charge in [-0.3, -0.25) is 4.79 Å². The fraction of sp³-hybridized carbons (Fsp3) is 0.818. The fourth-order valence-electron chi connectivity index (χ4n) is 1.79. The zero-order valence-corrected chi connectivity index (χ0v) is 9.32. The van der Waals surface area contributed by atoms with Crippen molar-refractivity contribution >= 4 is 12.0 Å². The van der Waals surface area contributed by atoms with Crippen molar-refractivity contribution in [1.29, 1.82) is 0 Å². The van der Waals surface area contributed by atoms with Crippen LogP contribution in [0, 0.1) is 5.92 Å². The van der Waals surface area contributed by atoms with Crippen LogP contribution in [-0.2, 0) is 4.79 Å². The Bertz CT molecular complexity index is 285. The summed E-state index contributed by atoms with van der Waals surface area (Å²) in [7, 11) is 0. The maximum Gasteiger partial charge on any atom is 0.323 e. The topological polar surface area (TPSA) is 69.6 Å². The molecule has 0 aliphatic heterocycles. The number of nitrogens with zero attached hydrogens (tertiary/aromatic N) is 1. The van der Waals surface area contributed by atoms with Gasteiger partial charge in [-0.2, -0.15) is 0 Å². The minimum Gasteiger partial charge on any atom is -0.480 e. The van der Waals surface area contributed by atoms with E-state index >= 15 is 0 Å². The van der Waals surface area contributed by atoms with Crippen molar-refractivity contribution < 1.29 is 14.7 Å². The zero-order valence-electron chi connectivity index (χ0n) is 9.32. The van der Waals surface area contributed by atoms with E-state index in [1.54, 1.807) is 0 Å². The molecule has 2 rings (SSSR count). The molecule has 2 aliphatic carbocycles. The Labute approximate surface area is 94.8 Å². The van der Waals surface area contributed by atoms with Gasteiger partial charge in [0.1, 0.15) is 6.54 Å². The summed E-state index contributed by atoms with van der Waals surface area (Å²) < 4.78 is 0. The van der Waals surface area contributed by atoms with Gasteiger partial charge in [0.25, 0.3) is 0 Å². The zero-order chi connectivity index (χ0) is 11.5. The highest BCUT2D eigenvalue weighted by molar-refractivity contribution is 5.80. The third-order valence-corrected chi connectivity index (χ3v) is 3.08. The van der Waals surface area contributed by atoms with Gasteiger partial charge >= 0.3 is 12.0 Å². The van der Waals surface area contributed by atoms with Crippen LogP contribution in [0.2, 0.25) is 0 Å². The SMILES string of the molecule is O=C(O)CN(C(=O)NCCC1CC1)C1CC1. The maximum absolute atomic E-state index is 11.7. The molecule has 0 radical (unpaired) electrons. The van der Waals surface area contributed by atoms with E-state index in [2.05, 4.69) is 5.32 Å². The molecule has 2 saturated carbocycles. The number of carbonyl (C=O) groups excluding carboxylic acids is 1. The second kappa shape index (κ2) is 4.72. The predicted molar refractivity (Wildman–Crippen MR) is 58.1 cm³/mol. The summed E-state index contributed by atoms with van der Waals surface area (Å²) in [5, 5.41) is 11.5. The summed E-state index contributed by atoms with van der Waals surface area (Å²) in [6.45, 7) is 0.492. The average molecular weight is 226 g/mol. The van der Waals surface area contributed by atoms with Crippen molar-refractivity contribution in [2.24, 2.45) is 5.92 Å². The van der Waals surface area contributed by atoms with Crippen molar-refractivity contribution in [2.75, 3.05) is 13.1 Å². The number of amides is 2. The number of carbonyl (C=O) groups is 2. The summed E-state index contributed by atoms with van der Waals surface area (Å²) in [6.07, 6.45) is 5.44. The molecule has 0 heterocycles. The van der Waals surface area contributed by atoms with E-state index in [1.165, 1.54) is 17.7 Å². The summed E-state index contributed by atoms with van der Waals surface area (Å²) in [4.78, 5) is 23.8. The van der Waals surface area contributed by atoms with E-state index in [4.69, 9.17) is 5.11 Å².